The maximum atomic E-state index is 2.30. The zero-order valence-corrected chi connectivity index (χ0v) is 13.6. The molecule has 0 aliphatic carbocycles. The Bertz CT molecular complexity index is 168. The lowest BCUT2D eigenvalue weighted by Crippen LogP contribution is -1.76. The van der Waals surface area contributed by atoms with Crippen molar-refractivity contribution in [3.8, 4) is 0 Å². The fourth-order valence-corrected chi connectivity index (χ4v) is 5.12. The molecule has 0 fully saturated rings. The number of rotatable bonds is 12. The second-order valence-electron chi connectivity index (χ2n) is 3.76. The van der Waals surface area contributed by atoms with Crippen molar-refractivity contribution < 1.29 is 0 Å². The molecule has 0 aromatic rings. The molecule has 0 saturated heterocycles. The summed E-state index contributed by atoms with van der Waals surface area (Å²) >= 11 is 0. The largest absolute Gasteiger partial charge is 0.0888 e. The van der Waals surface area contributed by atoms with E-state index in [4.69, 9.17) is 0 Å². The van der Waals surface area contributed by atoms with Gasteiger partial charge in [-0.05, 0) is 48.4 Å². The van der Waals surface area contributed by atoms with Crippen LogP contribution in [-0.4, -0.2) is 11.5 Å². The molecular weight excluding hydrogens is 264 g/mol. The van der Waals surface area contributed by atoms with Crippen molar-refractivity contribution in [3.05, 3.63) is 24.3 Å². The molecule has 0 radical (unpaired) electrons. The van der Waals surface area contributed by atoms with E-state index in [0.717, 1.165) is 0 Å². The summed E-state index contributed by atoms with van der Waals surface area (Å²) in [5, 5.41) is 0. The maximum Gasteiger partial charge on any atom is 0.00480 e. The Morgan fingerprint density at radius 1 is 0.706 bits per heavy atom. The summed E-state index contributed by atoms with van der Waals surface area (Å²) in [5.41, 5.74) is 0. The maximum absolute atomic E-state index is 2.30. The molecule has 0 aromatic carbocycles. The Labute approximate surface area is 119 Å². The zero-order chi connectivity index (χ0) is 12.6. The second-order valence-corrected chi connectivity index (χ2v) is 8.23. The van der Waals surface area contributed by atoms with E-state index in [9.17, 15) is 0 Å². The predicted octanol–water partition coefficient (Wildman–Crippen LogP) is 6.51. The van der Waals surface area contributed by atoms with Gasteiger partial charge in [0, 0.05) is 11.5 Å². The van der Waals surface area contributed by atoms with Gasteiger partial charge >= 0.3 is 0 Å². The van der Waals surface area contributed by atoms with Crippen molar-refractivity contribution >= 4 is 31.4 Å². The van der Waals surface area contributed by atoms with Gasteiger partial charge in [-0.3, -0.25) is 0 Å². The van der Waals surface area contributed by atoms with Gasteiger partial charge in [-0.25, -0.2) is 0 Å². The molecule has 0 N–H and O–H groups in total. The molecule has 3 heteroatoms. The van der Waals surface area contributed by atoms with E-state index in [1.807, 2.05) is 31.4 Å². The van der Waals surface area contributed by atoms with E-state index in [-0.39, 0.29) is 0 Å². The van der Waals surface area contributed by atoms with E-state index >= 15 is 0 Å². The lowest BCUT2D eigenvalue weighted by atomic mass is 10.3. The quantitative estimate of drug-likeness (QED) is 0.228. The molecule has 0 amide bonds. The molecular formula is C14H26S3. The van der Waals surface area contributed by atoms with Gasteiger partial charge in [0.2, 0.25) is 0 Å². The van der Waals surface area contributed by atoms with Crippen molar-refractivity contribution in [3.63, 3.8) is 0 Å². The van der Waals surface area contributed by atoms with E-state index in [0.29, 0.717) is 0 Å². The van der Waals surface area contributed by atoms with Crippen LogP contribution in [0.25, 0.3) is 0 Å². The Morgan fingerprint density at radius 2 is 1.18 bits per heavy atom. The smallest absolute Gasteiger partial charge is 0.00480 e. The summed E-state index contributed by atoms with van der Waals surface area (Å²) in [6.07, 6.45) is 16.6. The zero-order valence-electron chi connectivity index (χ0n) is 11.2. The number of hydrogen-bond acceptors (Lipinski definition) is 3. The van der Waals surface area contributed by atoms with Crippen molar-refractivity contribution in [1.82, 2.24) is 0 Å². The van der Waals surface area contributed by atoms with Crippen LogP contribution in [0.1, 0.15) is 52.4 Å². The fourth-order valence-electron chi connectivity index (χ4n) is 1.19. The van der Waals surface area contributed by atoms with Crippen LogP contribution in [0.15, 0.2) is 24.3 Å². The third-order valence-corrected chi connectivity index (χ3v) is 6.51. The van der Waals surface area contributed by atoms with Gasteiger partial charge in [0.05, 0.1) is 0 Å². The molecule has 0 nitrogen and oxygen atoms in total. The molecule has 0 spiro atoms. The summed E-state index contributed by atoms with van der Waals surface area (Å²) in [7, 11) is 5.98. The van der Waals surface area contributed by atoms with E-state index in [1.54, 1.807) is 0 Å². The minimum atomic E-state index is 1.17. The highest BCUT2D eigenvalue weighted by Gasteiger charge is 1.91. The molecule has 17 heavy (non-hydrogen) atoms. The summed E-state index contributed by atoms with van der Waals surface area (Å²) in [6.45, 7) is 4.38. The first-order chi connectivity index (χ1) is 8.41. The van der Waals surface area contributed by atoms with Gasteiger partial charge in [-0.15, -0.1) is 0 Å². The van der Waals surface area contributed by atoms with Gasteiger partial charge in [0.1, 0.15) is 0 Å². The number of hydrogen-bond donors (Lipinski definition) is 0. The van der Waals surface area contributed by atoms with Gasteiger partial charge in [-0.2, -0.15) is 0 Å². The van der Waals surface area contributed by atoms with Crippen molar-refractivity contribution in [2.45, 2.75) is 52.4 Å². The van der Waals surface area contributed by atoms with Crippen LogP contribution in [0.4, 0.5) is 0 Å². The highest BCUT2D eigenvalue weighted by Crippen LogP contribution is 2.35. The third kappa shape index (κ3) is 16.5. The van der Waals surface area contributed by atoms with Crippen LogP contribution in [0.5, 0.6) is 0 Å². The molecule has 100 valence electrons. The highest BCUT2D eigenvalue weighted by molar-refractivity contribution is 9.09. The Kier molecular flexibility index (Phi) is 17.0. The van der Waals surface area contributed by atoms with Crippen molar-refractivity contribution in [2.75, 3.05) is 11.5 Å². The molecule has 0 unspecified atom stereocenters. The number of allylic oxidation sites excluding steroid dienone is 4. The van der Waals surface area contributed by atoms with Gasteiger partial charge < -0.3 is 0 Å². The van der Waals surface area contributed by atoms with E-state index < -0.39 is 0 Å². The summed E-state index contributed by atoms with van der Waals surface area (Å²) in [6, 6.07) is 0. The molecule has 0 bridgehead atoms. The van der Waals surface area contributed by atoms with Crippen LogP contribution in [-0.2, 0) is 0 Å². The molecule has 0 aliphatic rings. The molecule has 0 saturated carbocycles. The monoisotopic (exact) mass is 290 g/mol. The lowest BCUT2D eigenvalue weighted by Gasteiger charge is -1.99. The standard InChI is InChI=1S/C14H26S3/c1-3-5-7-9-11-13-15-17-16-14-12-10-8-6-4-2/h5-8H,3-4,9-14H2,1-2H3/b7-5+,8-6+. The fraction of sp³-hybridized carbons (Fsp3) is 0.714. The van der Waals surface area contributed by atoms with Crippen LogP contribution in [0.3, 0.4) is 0 Å². The summed E-state index contributed by atoms with van der Waals surface area (Å²) in [4.78, 5) is 0. The highest BCUT2D eigenvalue weighted by atomic mass is 33.5. The predicted molar refractivity (Wildman–Crippen MR) is 89.8 cm³/mol. The van der Waals surface area contributed by atoms with Crippen LogP contribution >= 0.6 is 31.4 Å². The number of unbranched alkanes of at least 4 members (excludes halogenated alkanes) is 2. The third-order valence-electron chi connectivity index (χ3n) is 2.10. The summed E-state index contributed by atoms with van der Waals surface area (Å²) in [5.74, 6) is 2.56. The van der Waals surface area contributed by atoms with Gasteiger partial charge in [0.25, 0.3) is 0 Å². The van der Waals surface area contributed by atoms with Gasteiger partial charge in [-0.1, -0.05) is 59.7 Å². The van der Waals surface area contributed by atoms with Crippen molar-refractivity contribution in [1.29, 1.82) is 0 Å². The molecule has 0 atom stereocenters. The Balaban J connectivity index is 2.98. The molecule has 0 aliphatic heterocycles. The van der Waals surface area contributed by atoms with Gasteiger partial charge in [0.15, 0.2) is 0 Å². The first kappa shape index (κ1) is 17.5. The average Bonchev–Trinajstić information content (AvgIpc) is 2.35. The first-order valence-corrected chi connectivity index (χ1v) is 10.4. The average molecular weight is 291 g/mol. The molecule has 0 heterocycles. The Hall–Kier alpha value is 0.530. The van der Waals surface area contributed by atoms with E-state index in [1.165, 1.54) is 50.0 Å². The normalized spacial score (nSPS) is 11.9. The lowest BCUT2D eigenvalue weighted by molar-refractivity contribution is 0.966. The van der Waals surface area contributed by atoms with E-state index in [2.05, 4.69) is 38.2 Å². The minimum Gasteiger partial charge on any atom is -0.0888 e. The van der Waals surface area contributed by atoms with Crippen molar-refractivity contribution in [2.24, 2.45) is 0 Å². The second kappa shape index (κ2) is 16.5. The SMILES string of the molecule is CC/C=C/CCCSSSCCC/C=C/CC. The summed E-state index contributed by atoms with van der Waals surface area (Å²) < 4.78 is 0. The van der Waals surface area contributed by atoms with Crippen LogP contribution in [0.2, 0.25) is 0 Å². The minimum absolute atomic E-state index is 1.17. The van der Waals surface area contributed by atoms with Crippen LogP contribution < -0.4 is 0 Å². The van der Waals surface area contributed by atoms with Crippen LogP contribution in [0, 0.1) is 0 Å². The topological polar surface area (TPSA) is 0 Å². The molecule has 0 aromatic heterocycles. The first-order valence-electron chi connectivity index (χ1n) is 6.62. The Morgan fingerprint density at radius 3 is 1.59 bits per heavy atom. The molecule has 0 rings (SSSR count).